The summed E-state index contributed by atoms with van der Waals surface area (Å²) < 4.78 is 1.42. The standard InChI is InChI=1S/C10H7N5O/c11-5-7-1-2-9(13-6-7)15-4-3-8(14-15)10(12)16/h1-4,6H,(H2,12,16). The number of pyridine rings is 1. The SMILES string of the molecule is N#Cc1ccc(-n2ccc(C(N)=O)n2)nc1. The molecule has 2 heterocycles. The third-order valence-corrected chi connectivity index (χ3v) is 1.95. The second kappa shape index (κ2) is 3.82. The van der Waals surface area contributed by atoms with Gasteiger partial charge in [-0.15, -0.1) is 0 Å². The summed E-state index contributed by atoms with van der Waals surface area (Å²) >= 11 is 0. The fourth-order valence-electron chi connectivity index (χ4n) is 1.17. The molecular weight excluding hydrogens is 206 g/mol. The maximum atomic E-state index is 10.8. The van der Waals surface area contributed by atoms with Gasteiger partial charge in [-0.25, -0.2) is 9.67 Å². The molecule has 2 aromatic rings. The molecule has 2 aromatic heterocycles. The van der Waals surface area contributed by atoms with E-state index in [2.05, 4.69) is 10.1 Å². The van der Waals surface area contributed by atoms with Crippen LogP contribution in [-0.4, -0.2) is 20.7 Å². The van der Waals surface area contributed by atoms with Crippen LogP contribution in [0.3, 0.4) is 0 Å². The Morgan fingerprint density at radius 1 is 1.44 bits per heavy atom. The highest BCUT2D eigenvalue weighted by atomic mass is 16.1. The number of aromatic nitrogens is 3. The average Bonchev–Trinajstić information content (AvgIpc) is 2.78. The summed E-state index contributed by atoms with van der Waals surface area (Å²) in [5, 5.41) is 12.5. The third-order valence-electron chi connectivity index (χ3n) is 1.95. The first-order chi connectivity index (χ1) is 7.70. The molecule has 0 spiro atoms. The number of carbonyl (C=O) groups excluding carboxylic acids is 1. The van der Waals surface area contributed by atoms with Crippen molar-refractivity contribution in [3.63, 3.8) is 0 Å². The van der Waals surface area contributed by atoms with Gasteiger partial charge in [-0.2, -0.15) is 10.4 Å². The zero-order valence-electron chi connectivity index (χ0n) is 8.16. The van der Waals surface area contributed by atoms with Gasteiger partial charge in [0.25, 0.3) is 5.91 Å². The van der Waals surface area contributed by atoms with Gasteiger partial charge in [0, 0.05) is 12.4 Å². The Morgan fingerprint density at radius 3 is 2.75 bits per heavy atom. The van der Waals surface area contributed by atoms with Crippen molar-refractivity contribution in [3.05, 3.63) is 41.9 Å². The normalized spacial score (nSPS) is 9.69. The van der Waals surface area contributed by atoms with E-state index in [1.54, 1.807) is 18.3 Å². The minimum atomic E-state index is -0.590. The van der Waals surface area contributed by atoms with Gasteiger partial charge in [-0.05, 0) is 18.2 Å². The zero-order valence-corrected chi connectivity index (χ0v) is 8.16. The molecule has 2 rings (SSSR count). The van der Waals surface area contributed by atoms with E-state index in [0.29, 0.717) is 11.4 Å². The Morgan fingerprint density at radius 2 is 2.25 bits per heavy atom. The molecule has 78 valence electrons. The minimum absolute atomic E-state index is 0.172. The number of hydrogen-bond acceptors (Lipinski definition) is 4. The number of primary amides is 1. The lowest BCUT2D eigenvalue weighted by atomic mass is 10.3. The summed E-state index contributed by atoms with van der Waals surface area (Å²) in [6.45, 7) is 0. The monoisotopic (exact) mass is 213 g/mol. The van der Waals surface area contributed by atoms with Gasteiger partial charge in [-0.3, -0.25) is 4.79 Å². The van der Waals surface area contributed by atoms with E-state index < -0.39 is 5.91 Å². The van der Waals surface area contributed by atoms with Crippen LogP contribution in [0.4, 0.5) is 0 Å². The van der Waals surface area contributed by atoms with E-state index in [-0.39, 0.29) is 5.69 Å². The largest absolute Gasteiger partial charge is 0.364 e. The van der Waals surface area contributed by atoms with E-state index in [4.69, 9.17) is 11.0 Å². The van der Waals surface area contributed by atoms with Gasteiger partial charge in [0.15, 0.2) is 5.82 Å². The molecule has 0 aliphatic carbocycles. The molecule has 0 bridgehead atoms. The van der Waals surface area contributed by atoms with Gasteiger partial charge in [0.05, 0.1) is 5.56 Å². The summed E-state index contributed by atoms with van der Waals surface area (Å²) in [5.74, 6) is -0.0705. The Balaban J connectivity index is 2.36. The van der Waals surface area contributed by atoms with Crippen molar-refractivity contribution >= 4 is 5.91 Å². The molecule has 0 radical (unpaired) electrons. The van der Waals surface area contributed by atoms with E-state index >= 15 is 0 Å². The van der Waals surface area contributed by atoms with Crippen LogP contribution in [0.5, 0.6) is 0 Å². The van der Waals surface area contributed by atoms with Gasteiger partial charge < -0.3 is 5.73 Å². The summed E-state index contributed by atoms with van der Waals surface area (Å²) in [5.41, 5.74) is 5.71. The van der Waals surface area contributed by atoms with Crippen molar-refractivity contribution in [1.82, 2.24) is 14.8 Å². The smallest absolute Gasteiger partial charge is 0.269 e. The summed E-state index contributed by atoms with van der Waals surface area (Å²) in [6.07, 6.45) is 3.01. The summed E-state index contributed by atoms with van der Waals surface area (Å²) in [4.78, 5) is 14.8. The molecule has 2 N–H and O–H groups in total. The first-order valence-corrected chi connectivity index (χ1v) is 4.42. The Labute approximate surface area is 90.9 Å². The van der Waals surface area contributed by atoms with Crippen molar-refractivity contribution in [3.8, 4) is 11.9 Å². The number of nitrogens with zero attached hydrogens (tertiary/aromatic N) is 4. The lowest BCUT2D eigenvalue weighted by Gasteiger charge is -1.98. The molecule has 0 aliphatic rings. The zero-order chi connectivity index (χ0) is 11.5. The second-order valence-electron chi connectivity index (χ2n) is 3.03. The first kappa shape index (κ1) is 9.86. The Kier molecular flexibility index (Phi) is 2.36. The molecule has 16 heavy (non-hydrogen) atoms. The predicted octanol–water partition coefficient (Wildman–Crippen LogP) is 0.238. The lowest BCUT2D eigenvalue weighted by molar-refractivity contribution is 0.0995. The van der Waals surface area contributed by atoms with Crippen molar-refractivity contribution in [2.45, 2.75) is 0 Å². The molecule has 0 atom stereocenters. The van der Waals surface area contributed by atoms with Gasteiger partial charge in [0.1, 0.15) is 11.8 Å². The number of amides is 1. The maximum absolute atomic E-state index is 10.8. The van der Waals surface area contributed by atoms with Crippen LogP contribution in [0, 0.1) is 11.3 Å². The van der Waals surface area contributed by atoms with Crippen LogP contribution in [0.15, 0.2) is 30.6 Å². The van der Waals surface area contributed by atoms with Crippen molar-refractivity contribution in [2.75, 3.05) is 0 Å². The highest BCUT2D eigenvalue weighted by molar-refractivity contribution is 5.90. The van der Waals surface area contributed by atoms with Crippen LogP contribution in [0.1, 0.15) is 16.1 Å². The van der Waals surface area contributed by atoms with Crippen LogP contribution < -0.4 is 5.73 Å². The fourth-order valence-corrected chi connectivity index (χ4v) is 1.17. The Bertz CT molecular complexity index is 564. The highest BCUT2D eigenvalue weighted by Gasteiger charge is 2.06. The number of hydrogen-bond donors (Lipinski definition) is 1. The van der Waals surface area contributed by atoms with E-state index in [1.165, 1.54) is 16.9 Å². The summed E-state index contributed by atoms with van der Waals surface area (Å²) in [7, 11) is 0. The second-order valence-corrected chi connectivity index (χ2v) is 3.03. The minimum Gasteiger partial charge on any atom is -0.364 e. The molecule has 6 heteroatoms. The topological polar surface area (TPSA) is 97.6 Å². The number of rotatable bonds is 2. The quantitative estimate of drug-likeness (QED) is 0.772. The van der Waals surface area contributed by atoms with E-state index in [1.807, 2.05) is 6.07 Å². The van der Waals surface area contributed by atoms with Crippen LogP contribution in [0.2, 0.25) is 0 Å². The Hall–Kier alpha value is -2.68. The van der Waals surface area contributed by atoms with Gasteiger partial charge >= 0.3 is 0 Å². The molecule has 1 amide bonds. The highest BCUT2D eigenvalue weighted by Crippen LogP contribution is 2.05. The number of carbonyl (C=O) groups is 1. The van der Waals surface area contributed by atoms with Crippen LogP contribution in [0.25, 0.3) is 5.82 Å². The molecule has 6 nitrogen and oxygen atoms in total. The number of nitrogens with two attached hydrogens (primary N) is 1. The third kappa shape index (κ3) is 1.74. The molecule has 0 unspecified atom stereocenters. The molecular formula is C10H7N5O. The van der Waals surface area contributed by atoms with Crippen molar-refractivity contribution in [2.24, 2.45) is 5.73 Å². The lowest BCUT2D eigenvalue weighted by Crippen LogP contribution is -2.12. The van der Waals surface area contributed by atoms with Crippen LogP contribution in [-0.2, 0) is 0 Å². The van der Waals surface area contributed by atoms with E-state index in [9.17, 15) is 4.79 Å². The molecule has 0 saturated heterocycles. The summed E-state index contributed by atoms with van der Waals surface area (Å²) in [6, 6.07) is 6.72. The number of nitriles is 1. The predicted molar refractivity (Wildman–Crippen MR) is 54.6 cm³/mol. The molecule has 0 aliphatic heterocycles. The van der Waals surface area contributed by atoms with Crippen molar-refractivity contribution in [1.29, 1.82) is 5.26 Å². The molecule has 0 fully saturated rings. The fraction of sp³-hybridized carbons (Fsp3) is 0. The first-order valence-electron chi connectivity index (χ1n) is 4.42. The maximum Gasteiger partial charge on any atom is 0.269 e. The molecule has 0 saturated carbocycles. The van der Waals surface area contributed by atoms with Gasteiger partial charge in [0.2, 0.25) is 0 Å². The average molecular weight is 213 g/mol. The van der Waals surface area contributed by atoms with Gasteiger partial charge in [-0.1, -0.05) is 0 Å². The van der Waals surface area contributed by atoms with Crippen molar-refractivity contribution < 1.29 is 4.79 Å². The van der Waals surface area contributed by atoms with Crippen LogP contribution >= 0.6 is 0 Å². The molecule has 0 aromatic carbocycles. The van der Waals surface area contributed by atoms with E-state index in [0.717, 1.165) is 0 Å².